The number of nitrogens with zero attached hydrogens (tertiary/aromatic N) is 1. The molecule has 1 aliphatic rings. The van der Waals surface area contributed by atoms with Crippen molar-refractivity contribution < 1.29 is 19.4 Å². The van der Waals surface area contributed by atoms with Gasteiger partial charge in [0.05, 0.1) is 13.2 Å². The molecule has 6 heteroatoms. The Hall–Kier alpha value is -1.74. The van der Waals surface area contributed by atoms with E-state index in [2.05, 4.69) is 11.2 Å². The molecule has 0 aromatic carbocycles. The maximum atomic E-state index is 11.7. The van der Waals surface area contributed by atoms with E-state index in [0.29, 0.717) is 13.0 Å². The van der Waals surface area contributed by atoms with Crippen LogP contribution in [0.4, 0.5) is 4.79 Å². The first-order chi connectivity index (χ1) is 8.04. The summed E-state index contributed by atoms with van der Waals surface area (Å²) in [6.45, 7) is 2.48. The molecule has 2 amide bonds. The van der Waals surface area contributed by atoms with Crippen molar-refractivity contribution in [2.45, 2.75) is 25.5 Å². The maximum absolute atomic E-state index is 11.7. The monoisotopic (exact) mass is 240 g/mol. The molecule has 0 aromatic heterocycles. The van der Waals surface area contributed by atoms with E-state index in [-0.39, 0.29) is 25.2 Å². The lowest BCUT2D eigenvalue weighted by atomic mass is 10.2. The zero-order valence-corrected chi connectivity index (χ0v) is 9.68. The summed E-state index contributed by atoms with van der Waals surface area (Å²) < 4.78 is 5.02. The maximum Gasteiger partial charge on any atom is 0.334 e. The molecule has 1 fully saturated rings. The van der Waals surface area contributed by atoms with Crippen LogP contribution < -0.4 is 5.32 Å². The Bertz CT molecular complexity index is 337. The number of carboxylic acids is 1. The van der Waals surface area contributed by atoms with Crippen LogP contribution in [0, 0.1) is 12.3 Å². The third-order valence-corrected chi connectivity index (χ3v) is 2.42. The van der Waals surface area contributed by atoms with Gasteiger partial charge in [-0.1, -0.05) is 0 Å². The van der Waals surface area contributed by atoms with Crippen molar-refractivity contribution >= 4 is 12.0 Å². The second kappa shape index (κ2) is 6.11. The van der Waals surface area contributed by atoms with Crippen molar-refractivity contribution in [2.24, 2.45) is 0 Å². The average molecular weight is 240 g/mol. The minimum atomic E-state index is -1.06. The smallest absolute Gasteiger partial charge is 0.334 e. The molecule has 2 N–H and O–H groups in total. The molecule has 0 saturated carbocycles. The van der Waals surface area contributed by atoms with Gasteiger partial charge in [-0.2, -0.15) is 0 Å². The second-order valence-electron chi connectivity index (χ2n) is 3.90. The molecule has 2 unspecified atom stereocenters. The molecule has 0 aromatic rings. The third kappa shape index (κ3) is 3.96. The van der Waals surface area contributed by atoms with Crippen molar-refractivity contribution in [3.63, 3.8) is 0 Å². The summed E-state index contributed by atoms with van der Waals surface area (Å²) in [6.07, 6.45) is 4.63. The summed E-state index contributed by atoms with van der Waals surface area (Å²) in [6, 6.07) is -0.430. The SMILES string of the molecule is C#CCC(C)NC(=O)N1CCOC(C(=O)O)C1. The number of carbonyl (C=O) groups is 2. The lowest BCUT2D eigenvalue weighted by molar-refractivity contribution is -0.154. The molecule has 0 radical (unpaired) electrons. The van der Waals surface area contributed by atoms with E-state index in [4.69, 9.17) is 16.3 Å². The summed E-state index contributed by atoms with van der Waals surface area (Å²) in [4.78, 5) is 23.9. The van der Waals surface area contributed by atoms with Crippen molar-refractivity contribution in [2.75, 3.05) is 19.7 Å². The normalized spacial score (nSPS) is 21.4. The molecule has 2 atom stereocenters. The highest BCUT2D eigenvalue weighted by atomic mass is 16.5. The van der Waals surface area contributed by atoms with Gasteiger partial charge in [0.1, 0.15) is 0 Å². The van der Waals surface area contributed by atoms with Crippen LogP contribution in [0.3, 0.4) is 0 Å². The summed E-state index contributed by atoms with van der Waals surface area (Å²) >= 11 is 0. The number of carboxylic acid groups (broad SMARTS) is 1. The number of ether oxygens (including phenoxy) is 1. The molecule has 0 bridgehead atoms. The molecule has 1 aliphatic heterocycles. The number of carbonyl (C=O) groups excluding carboxylic acids is 1. The number of hydrogen-bond donors (Lipinski definition) is 2. The molecule has 0 aliphatic carbocycles. The topological polar surface area (TPSA) is 78.9 Å². The van der Waals surface area contributed by atoms with E-state index in [9.17, 15) is 9.59 Å². The Morgan fingerprint density at radius 3 is 3.00 bits per heavy atom. The van der Waals surface area contributed by atoms with Crippen molar-refractivity contribution in [3.8, 4) is 12.3 Å². The van der Waals surface area contributed by atoms with Gasteiger partial charge in [-0.3, -0.25) is 0 Å². The van der Waals surface area contributed by atoms with E-state index in [0.717, 1.165) is 0 Å². The predicted octanol–water partition coefficient (Wildman–Crippen LogP) is -0.107. The molecule has 1 rings (SSSR count). The summed E-state index contributed by atoms with van der Waals surface area (Å²) in [7, 11) is 0. The Morgan fingerprint density at radius 2 is 2.41 bits per heavy atom. The molecule has 1 saturated heterocycles. The van der Waals surface area contributed by atoms with Gasteiger partial charge in [0, 0.05) is 19.0 Å². The quantitative estimate of drug-likeness (QED) is 0.675. The number of aliphatic carboxylic acids is 1. The van der Waals surface area contributed by atoms with E-state index in [1.54, 1.807) is 6.92 Å². The Labute approximate surface area is 99.9 Å². The van der Waals surface area contributed by atoms with Crippen LogP contribution in [0.2, 0.25) is 0 Å². The van der Waals surface area contributed by atoms with Gasteiger partial charge in [-0.25, -0.2) is 9.59 Å². The van der Waals surface area contributed by atoms with Gasteiger partial charge in [-0.05, 0) is 6.92 Å². The first-order valence-electron chi connectivity index (χ1n) is 5.38. The minimum Gasteiger partial charge on any atom is -0.479 e. The van der Waals surface area contributed by atoms with E-state index < -0.39 is 12.1 Å². The van der Waals surface area contributed by atoms with Crippen LogP contribution in [0.5, 0.6) is 0 Å². The van der Waals surface area contributed by atoms with Gasteiger partial charge in [0.15, 0.2) is 6.10 Å². The van der Waals surface area contributed by atoms with Gasteiger partial charge >= 0.3 is 12.0 Å². The molecular weight excluding hydrogens is 224 g/mol. The van der Waals surface area contributed by atoms with E-state index in [1.165, 1.54) is 4.90 Å². The van der Waals surface area contributed by atoms with Gasteiger partial charge < -0.3 is 20.1 Å². The second-order valence-corrected chi connectivity index (χ2v) is 3.90. The highest BCUT2D eigenvalue weighted by Gasteiger charge is 2.29. The Morgan fingerprint density at radius 1 is 1.71 bits per heavy atom. The fourth-order valence-corrected chi connectivity index (χ4v) is 1.51. The zero-order chi connectivity index (χ0) is 12.8. The van der Waals surface area contributed by atoms with Crippen LogP contribution >= 0.6 is 0 Å². The van der Waals surface area contributed by atoms with Crippen LogP contribution in [0.15, 0.2) is 0 Å². The lowest BCUT2D eigenvalue weighted by Gasteiger charge is -2.31. The average Bonchev–Trinajstić information content (AvgIpc) is 2.29. The molecule has 6 nitrogen and oxygen atoms in total. The molecule has 17 heavy (non-hydrogen) atoms. The third-order valence-electron chi connectivity index (χ3n) is 2.42. The number of urea groups is 1. The Kier molecular flexibility index (Phi) is 4.79. The van der Waals surface area contributed by atoms with Gasteiger partial charge in [-0.15, -0.1) is 12.3 Å². The number of nitrogens with one attached hydrogen (secondary N) is 1. The minimum absolute atomic E-state index is 0.0595. The molecule has 0 spiro atoms. The number of morpholine rings is 1. The largest absolute Gasteiger partial charge is 0.479 e. The predicted molar refractivity (Wildman–Crippen MR) is 60.4 cm³/mol. The van der Waals surface area contributed by atoms with Crippen LogP contribution in [0.25, 0.3) is 0 Å². The highest BCUT2D eigenvalue weighted by Crippen LogP contribution is 2.06. The molecular formula is C11H16N2O4. The van der Waals surface area contributed by atoms with Crippen molar-refractivity contribution in [1.29, 1.82) is 0 Å². The van der Waals surface area contributed by atoms with Gasteiger partial charge in [0.2, 0.25) is 0 Å². The molecule has 1 heterocycles. The zero-order valence-electron chi connectivity index (χ0n) is 9.68. The van der Waals surface area contributed by atoms with Crippen LogP contribution in [-0.4, -0.2) is 53.8 Å². The Balaban J connectivity index is 2.46. The number of amides is 2. The van der Waals surface area contributed by atoms with E-state index in [1.807, 2.05) is 0 Å². The number of hydrogen-bond acceptors (Lipinski definition) is 3. The van der Waals surface area contributed by atoms with Crippen LogP contribution in [-0.2, 0) is 9.53 Å². The number of rotatable bonds is 3. The standard InChI is InChI=1S/C11H16N2O4/c1-3-4-8(2)12-11(16)13-5-6-17-9(7-13)10(14)15/h1,8-9H,4-7H2,2H3,(H,12,16)(H,14,15). The first-order valence-corrected chi connectivity index (χ1v) is 5.38. The van der Waals surface area contributed by atoms with E-state index >= 15 is 0 Å². The molecule has 94 valence electrons. The summed E-state index contributed by atoms with van der Waals surface area (Å²) in [5.41, 5.74) is 0. The van der Waals surface area contributed by atoms with Crippen molar-refractivity contribution in [3.05, 3.63) is 0 Å². The highest BCUT2D eigenvalue weighted by molar-refractivity contribution is 5.77. The van der Waals surface area contributed by atoms with Crippen molar-refractivity contribution in [1.82, 2.24) is 10.2 Å². The van der Waals surface area contributed by atoms with Gasteiger partial charge in [0.25, 0.3) is 0 Å². The fourth-order valence-electron chi connectivity index (χ4n) is 1.51. The fraction of sp³-hybridized carbons (Fsp3) is 0.636. The van der Waals surface area contributed by atoms with Crippen LogP contribution in [0.1, 0.15) is 13.3 Å². The summed E-state index contributed by atoms with van der Waals surface area (Å²) in [5.74, 6) is 1.39. The lowest BCUT2D eigenvalue weighted by Crippen LogP contribution is -2.53. The number of terminal acetylenes is 1. The first kappa shape index (κ1) is 13.3. The summed E-state index contributed by atoms with van der Waals surface area (Å²) in [5, 5.41) is 11.5.